The van der Waals surface area contributed by atoms with E-state index in [1.54, 1.807) is 19.1 Å². The fourth-order valence-corrected chi connectivity index (χ4v) is 5.61. The van der Waals surface area contributed by atoms with Gasteiger partial charge in [0.05, 0.1) is 27.9 Å². The lowest BCUT2D eigenvalue weighted by molar-refractivity contribution is -0.137. The van der Waals surface area contributed by atoms with E-state index in [2.05, 4.69) is 5.32 Å². The summed E-state index contributed by atoms with van der Waals surface area (Å²) in [5, 5.41) is 2.03. The van der Waals surface area contributed by atoms with E-state index in [0.29, 0.717) is 6.42 Å². The van der Waals surface area contributed by atoms with E-state index in [-0.39, 0.29) is 30.3 Å². The average molecular weight is 475 g/mol. The quantitative estimate of drug-likeness (QED) is 0.679. The normalized spacial score (nSPS) is 20.0. The lowest BCUT2D eigenvalue weighted by Crippen LogP contribution is -2.41. The first-order chi connectivity index (χ1) is 14.5. The Bertz CT molecular complexity index is 1050. The van der Waals surface area contributed by atoms with Crippen molar-refractivity contribution in [1.29, 1.82) is 0 Å². The van der Waals surface area contributed by atoms with E-state index in [1.165, 1.54) is 10.4 Å². The van der Waals surface area contributed by atoms with Crippen molar-refractivity contribution >= 4 is 27.5 Å². The van der Waals surface area contributed by atoms with Crippen LogP contribution in [0.3, 0.4) is 0 Å². The van der Waals surface area contributed by atoms with Crippen molar-refractivity contribution in [3.05, 3.63) is 70.2 Å². The molecule has 1 saturated heterocycles. The number of nitrogens with zero attached hydrogens (tertiary/aromatic N) is 1. The molecule has 0 saturated carbocycles. The molecule has 5 nitrogen and oxygen atoms in total. The van der Waals surface area contributed by atoms with Crippen LogP contribution in [-0.2, 0) is 16.2 Å². The van der Waals surface area contributed by atoms with E-state index in [4.69, 9.17) is 11.6 Å². The van der Waals surface area contributed by atoms with Crippen LogP contribution in [0.4, 0.5) is 13.2 Å². The number of hydrogen-bond acceptors (Lipinski definition) is 3. The van der Waals surface area contributed by atoms with E-state index in [9.17, 15) is 26.4 Å². The average Bonchev–Trinajstić information content (AvgIpc) is 3.12. The van der Waals surface area contributed by atoms with Crippen LogP contribution in [0, 0.1) is 0 Å². The molecule has 31 heavy (non-hydrogen) atoms. The zero-order valence-electron chi connectivity index (χ0n) is 16.7. The van der Waals surface area contributed by atoms with Crippen LogP contribution >= 0.6 is 11.6 Å². The molecule has 1 aliphatic heterocycles. The summed E-state index contributed by atoms with van der Waals surface area (Å²) >= 11 is 5.88. The number of rotatable bonds is 6. The van der Waals surface area contributed by atoms with Crippen LogP contribution in [-0.4, -0.2) is 43.5 Å². The zero-order chi connectivity index (χ0) is 22.8. The molecule has 1 fully saturated rings. The number of alkyl halides is 3. The largest absolute Gasteiger partial charge is 0.417 e. The first-order valence-electron chi connectivity index (χ1n) is 9.74. The molecular formula is C21H22ClF3N2O3S. The van der Waals surface area contributed by atoms with Crippen molar-refractivity contribution in [2.45, 2.75) is 31.5 Å². The molecule has 2 aromatic rings. The second-order valence-corrected chi connectivity index (χ2v) is 9.86. The fraction of sp³-hybridized carbons (Fsp3) is 0.381. The highest BCUT2D eigenvalue weighted by molar-refractivity contribution is 7.89. The molecule has 168 valence electrons. The van der Waals surface area contributed by atoms with Gasteiger partial charge in [0, 0.05) is 19.0 Å². The number of amides is 1. The van der Waals surface area contributed by atoms with Gasteiger partial charge in [-0.15, -0.1) is 0 Å². The molecule has 10 heteroatoms. The minimum absolute atomic E-state index is 0.0192. The van der Waals surface area contributed by atoms with Gasteiger partial charge < -0.3 is 5.32 Å². The summed E-state index contributed by atoms with van der Waals surface area (Å²) in [7, 11) is -3.51. The molecule has 1 amide bonds. The molecule has 1 aliphatic rings. The van der Waals surface area contributed by atoms with Crippen LogP contribution in [0.25, 0.3) is 0 Å². The van der Waals surface area contributed by atoms with Gasteiger partial charge in [0.2, 0.25) is 10.0 Å². The standard InChI is InChI=1S/C21H22ClF3N2O3S/c1-2-11-31(29,30)27-12-16(14-7-4-3-5-8-14)18(13-27)26-20(28)15-9-6-10-17(19(15)22)21(23,24)25/h3-10,16,18H,2,11-13H2,1H3,(H,26,28). The van der Waals surface area contributed by atoms with Gasteiger partial charge in [0.15, 0.2) is 0 Å². The summed E-state index contributed by atoms with van der Waals surface area (Å²) in [6.07, 6.45) is -4.25. The zero-order valence-corrected chi connectivity index (χ0v) is 18.3. The SMILES string of the molecule is CCCS(=O)(=O)N1CC(NC(=O)c2cccc(C(F)(F)F)c2Cl)C(c2ccccc2)C1. The maximum Gasteiger partial charge on any atom is 0.417 e. The second kappa shape index (κ2) is 9.18. The third-order valence-electron chi connectivity index (χ3n) is 5.23. The predicted molar refractivity (Wildman–Crippen MR) is 113 cm³/mol. The van der Waals surface area contributed by atoms with Crippen molar-refractivity contribution in [3.8, 4) is 0 Å². The van der Waals surface area contributed by atoms with Crippen LogP contribution in [0.2, 0.25) is 5.02 Å². The first-order valence-corrected chi connectivity index (χ1v) is 11.7. The summed E-state index contributed by atoms with van der Waals surface area (Å²) in [5.41, 5.74) is -0.574. The molecule has 2 atom stereocenters. The summed E-state index contributed by atoms with van der Waals surface area (Å²) in [6.45, 7) is 1.97. The number of hydrogen-bond donors (Lipinski definition) is 1. The number of halogens is 4. The topological polar surface area (TPSA) is 66.5 Å². The van der Waals surface area contributed by atoms with Crippen molar-refractivity contribution in [2.24, 2.45) is 0 Å². The second-order valence-electron chi connectivity index (χ2n) is 7.39. The van der Waals surface area contributed by atoms with E-state index in [1.807, 2.05) is 18.2 Å². The molecule has 1 heterocycles. The molecule has 0 bridgehead atoms. The van der Waals surface area contributed by atoms with Gasteiger partial charge >= 0.3 is 6.18 Å². The van der Waals surface area contributed by atoms with Gasteiger partial charge in [0.1, 0.15) is 0 Å². The van der Waals surface area contributed by atoms with Crippen LogP contribution in [0.15, 0.2) is 48.5 Å². The van der Waals surface area contributed by atoms with Crippen molar-refractivity contribution in [1.82, 2.24) is 9.62 Å². The summed E-state index contributed by atoms with van der Waals surface area (Å²) in [4.78, 5) is 12.8. The van der Waals surface area contributed by atoms with Crippen molar-refractivity contribution in [3.63, 3.8) is 0 Å². The predicted octanol–water partition coefficient (Wildman–Crippen LogP) is 4.30. The molecule has 0 aliphatic carbocycles. The lowest BCUT2D eigenvalue weighted by atomic mass is 9.94. The van der Waals surface area contributed by atoms with Crippen molar-refractivity contribution < 1.29 is 26.4 Å². The maximum absolute atomic E-state index is 13.1. The molecular weight excluding hydrogens is 453 g/mol. The Morgan fingerprint density at radius 1 is 1.13 bits per heavy atom. The summed E-state index contributed by atoms with van der Waals surface area (Å²) in [5.74, 6) is -1.15. The molecule has 2 unspecified atom stereocenters. The maximum atomic E-state index is 13.1. The molecule has 1 N–H and O–H groups in total. The Hall–Kier alpha value is -2.10. The van der Waals surface area contributed by atoms with Crippen LogP contribution in [0.1, 0.15) is 40.7 Å². The number of benzene rings is 2. The Morgan fingerprint density at radius 2 is 1.81 bits per heavy atom. The summed E-state index contributed by atoms with van der Waals surface area (Å²) < 4.78 is 65.9. The number of nitrogens with one attached hydrogen (secondary N) is 1. The fourth-order valence-electron chi connectivity index (χ4n) is 3.74. The molecule has 0 aromatic heterocycles. The third-order valence-corrected chi connectivity index (χ3v) is 7.65. The number of carbonyl (C=O) groups excluding carboxylic acids is 1. The van der Waals surface area contributed by atoms with Gasteiger partial charge in [-0.25, -0.2) is 8.42 Å². The van der Waals surface area contributed by atoms with Gasteiger partial charge in [-0.1, -0.05) is 54.9 Å². The highest BCUT2D eigenvalue weighted by Crippen LogP contribution is 2.36. The number of sulfonamides is 1. The van der Waals surface area contributed by atoms with E-state index >= 15 is 0 Å². The minimum Gasteiger partial charge on any atom is -0.347 e. The van der Waals surface area contributed by atoms with Crippen molar-refractivity contribution in [2.75, 3.05) is 18.8 Å². The smallest absolute Gasteiger partial charge is 0.347 e. The Balaban J connectivity index is 1.90. The first kappa shape index (κ1) is 23.6. The molecule has 0 radical (unpaired) electrons. The van der Waals surface area contributed by atoms with E-state index < -0.39 is 38.7 Å². The van der Waals surface area contributed by atoms with Crippen LogP contribution < -0.4 is 5.32 Å². The lowest BCUT2D eigenvalue weighted by Gasteiger charge is -2.21. The Morgan fingerprint density at radius 3 is 2.42 bits per heavy atom. The Kier molecular flexibility index (Phi) is 6.98. The van der Waals surface area contributed by atoms with Gasteiger partial charge in [-0.3, -0.25) is 4.79 Å². The van der Waals surface area contributed by atoms with Gasteiger partial charge in [0.25, 0.3) is 5.91 Å². The highest BCUT2D eigenvalue weighted by atomic mass is 35.5. The molecule has 0 spiro atoms. The highest BCUT2D eigenvalue weighted by Gasteiger charge is 2.40. The Labute approximate surface area is 184 Å². The van der Waals surface area contributed by atoms with E-state index in [0.717, 1.165) is 17.7 Å². The monoisotopic (exact) mass is 474 g/mol. The van der Waals surface area contributed by atoms with Crippen LogP contribution in [0.5, 0.6) is 0 Å². The number of carbonyl (C=O) groups is 1. The molecule has 2 aromatic carbocycles. The van der Waals surface area contributed by atoms with Gasteiger partial charge in [-0.2, -0.15) is 17.5 Å². The third kappa shape index (κ3) is 5.22. The minimum atomic E-state index is -4.70. The van der Waals surface area contributed by atoms with Gasteiger partial charge in [-0.05, 0) is 24.1 Å². The summed E-state index contributed by atoms with van der Waals surface area (Å²) in [6, 6.07) is 11.6. The molecule has 3 rings (SSSR count).